The van der Waals surface area contributed by atoms with Crippen LogP contribution in [0.3, 0.4) is 0 Å². The molecule has 31 heavy (non-hydrogen) atoms. The molecule has 2 heterocycles. The van der Waals surface area contributed by atoms with Crippen molar-refractivity contribution in [2.45, 2.75) is 20.0 Å². The maximum Gasteiger partial charge on any atom is 0.183 e. The maximum atomic E-state index is 13.9. The number of benzene rings is 2. The molecule has 0 fully saturated rings. The molecule has 160 valence electrons. The quantitative estimate of drug-likeness (QED) is 0.413. The van der Waals surface area contributed by atoms with Crippen LogP contribution in [0.25, 0.3) is 10.6 Å². The van der Waals surface area contributed by atoms with E-state index in [1.165, 1.54) is 17.4 Å². The molecule has 0 aliphatic carbocycles. The van der Waals surface area contributed by atoms with Crippen molar-refractivity contribution in [3.63, 3.8) is 0 Å². The summed E-state index contributed by atoms with van der Waals surface area (Å²) >= 11 is 1.54. The zero-order chi connectivity index (χ0) is 21.8. The van der Waals surface area contributed by atoms with Crippen molar-refractivity contribution in [3.05, 3.63) is 77.4 Å². The van der Waals surface area contributed by atoms with E-state index < -0.39 is 0 Å². The Labute approximate surface area is 184 Å². The highest BCUT2D eigenvalue weighted by Crippen LogP contribution is 2.33. The molecule has 0 bridgehead atoms. The molecule has 1 N–H and O–H groups in total. The van der Waals surface area contributed by atoms with Crippen molar-refractivity contribution in [2.75, 3.05) is 19.5 Å². The van der Waals surface area contributed by atoms with Crippen molar-refractivity contribution in [3.8, 4) is 22.1 Å². The molecule has 4 aromatic rings. The van der Waals surface area contributed by atoms with Gasteiger partial charge in [0.2, 0.25) is 0 Å². The van der Waals surface area contributed by atoms with E-state index >= 15 is 0 Å². The molecule has 2 aromatic carbocycles. The lowest BCUT2D eigenvalue weighted by atomic mass is 10.2. The number of thiazole rings is 1. The highest BCUT2D eigenvalue weighted by Gasteiger charge is 2.14. The van der Waals surface area contributed by atoms with Gasteiger partial charge in [0.25, 0.3) is 0 Å². The van der Waals surface area contributed by atoms with E-state index in [4.69, 9.17) is 9.47 Å². The van der Waals surface area contributed by atoms with Crippen molar-refractivity contribution < 1.29 is 13.9 Å². The summed E-state index contributed by atoms with van der Waals surface area (Å²) in [5.41, 5.74) is 3.33. The molecule has 0 spiro atoms. The van der Waals surface area contributed by atoms with E-state index in [9.17, 15) is 4.39 Å². The zero-order valence-electron chi connectivity index (χ0n) is 17.6. The number of rotatable bonds is 8. The molecule has 0 amide bonds. The lowest BCUT2D eigenvalue weighted by molar-refractivity contribution is 0.391. The molecule has 8 heteroatoms. The number of hydrogen-bond acceptors (Lipinski definition) is 6. The molecule has 0 aliphatic heterocycles. The predicted molar refractivity (Wildman–Crippen MR) is 120 cm³/mol. The predicted octanol–water partition coefficient (Wildman–Crippen LogP) is 5.13. The fraction of sp³-hybridized carbons (Fsp3) is 0.217. The summed E-state index contributed by atoms with van der Waals surface area (Å²) in [7, 11) is 3.27. The van der Waals surface area contributed by atoms with Gasteiger partial charge in [0, 0.05) is 29.9 Å². The molecule has 0 radical (unpaired) electrons. The molecule has 4 rings (SSSR count). The van der Waals surface area contributed by atoms with Gasteiger partial charge < -0.3 is 14.8 Å². The van der Waals surface area contributed by atoms with Crippen LogP contribution in [0.1, 0.15) is 16.8 Å². The van der Waals surface area contributed by atoms with E-state index in [1.54, 1.807) is 31.0 Å². The van der Waals surface area contributed by atoms with Crippen LogP contribution in [0, 0.1) is 12.7 Å². The second kappa shape index (κ2) is 9.18. The van der Waals surface area contributed by atoms with Gasteiger partial charge in [-0.2, -0.15) is 5.10 Å². The summed E-state index contributed by atoms with van der Waals surface area (Å²) in [4.78, 5) is 5.61. The summed E-state index contributed by atoms with van der Waals surface area (Å²) in [6.07, 6.45) is 1.86. The smallest absolute Gasteiger partial charge is 0.183 e. The molecule has 2 aromatic heterocycles. The second-order valence-electron chi connectivity index (χ2n) is 6.95. The molecule has 0 unspecified atom stereocenters. The summed E-state index contributed by atoms with van der Waals surface area (Å²) in [6.45, 7) is 2.91. The van der Waals surface area contributed by atoms with Crippen LogP contribution in [-0.2, 0) is 13.1 Å². The first-order valence-electron chi connectivity index (χ1n) is 9.77. The number of anilines is 1. The van der Waals surface area contributed by atoms with Crippen molar-refractivity contribution >= 4 is 16.5 Å². The highest BCUT2D eigenvalue weighted by atomic mass is 32.1. The first-order valence-corrected chi connectivity index (χ1v) is 10.6. The van der Waals surface area contributed by atoms with E-state index in [0.717, 1.165) is 38.5 Å². The number of halogens is 1. The summed E-state index contributed by atoms with van der Waals surface area (Å²) < 4.78 is 26.4. The molecule has 0 saturated carbocycles. The number of nitrogens with zero attached hydrogens (tertiary/aromatic N) is 3. The molecule has 0 aliphatic rings. The zero-order valence-corrected chi connectivity index (χ0v) is 18.4. The lowest BCUT2D eigenvalue weighted by Crippen LogP contribution is -2.02. The minimum atomic E-state index is -0.228. The molecule has 0 saturated heterocycles. The van der Waals surface area contributed by atoms with Crippen LogP contribution in [0.5, 0.6) is 11.5 Å². The van der Waals surface area contributed by atoms with Crippen LogP contribution in [0.4, 0.5) is 9.52 Å². The highest BCUT2D eigenvalue weighted by molar-refractivity contribution is 7.19. The minimum Gasteiger partial charge on any atom is -0.497 e. The number of hydrogen-bond donors (Lipinski definition) is 1. The van der Waals surface area contributed by atoms with E-state index in [2.05, 4.69) is 15.4 Å². The molecule has 6 nitrogen and oxygen atoms in total. The summed E-state index contributed by atoms with van der Waals surface area (Å²) in [5.74, 6) is 1.28. The minimum absolute atomic E-state index is 0.228. The van der Waals surface area contributed by atoms with Crippen molar-refractivity contribution in [2.24, 2.45) is 0 Å². The normalized spacial score (nSPS) is 10.8. The van der Waals surface area contributed by atoms with Gasteiger partial charge in [-0.05, 0) is 31.2 Å². The monoisotopic (exact) mass is 438 g/mol. The average Bonchev–Trinajstić information content (AvgIpc) is 3.39. The Bertz CT molecular complexity index is 1190. The van der Waals surface area contributed by atoms with Crippen LogP contribution >= 0.6 is 11.3 Å². The van der Waals surface area contributed by atoms with E-state index in [-0.39, 0.29) is 5.82 Å². The first kappa shape index (κ1) is 20.9. The Balaban J connectivity index is 1.47. The number of aryl methyl sites for hydroxylation is 1. The third-order valence-corrected chi connectivity index (χ3v) is 6.02. The van der Waals surface area contributed by atoms with Crippen LogP contribution in [0.2, 0.25) is 0 Å². The third kappa shape index (κ3) is 4.69. The van der Waals surface area contributed by atoms with Crippen molar-refractivity contribution in [1.29, 1.82) is 0 Å². The topological polar surface area (TPSA) is 61.2 Å². The second-order valence-corrected chi connectivity index (χ2v) is 7.95. The maximum absolute atomic E-state index is 13.9. The number of methoxy groups -OCH3 is 2. The fourth-order valence-corrected chi connectivity index (χ4v) is 4.18. The Hall–Kier alpha value is -3.39. The van der Waals surface area contributed by atoms with Gasteiger partial charge in [0.1, 0.15) is 23.0 Å². The van der Waals surface area contributed by atoms with E-state index in [0.29, 0.717) is 18.7 Å². The number of nitrogens with one attached hydrogen (secondary N) is 1. The standard InChI is InChI=1S/C23H23FN4O2S/c1-15-22(20-10-11-28(27-20)14-17-6-4-5-7-19(17)24)31-23(26-15)25-13-16-8-9-18(29-2)12-21(16)30-3/h4-12H,13-14H2,1-3H3,(H,25,26). The van der Waals surface area contributed by atoms with Gasteiger partial charge in [-0.1, -0.05) is 29.5 Å². The Morgan fingerprint density at radius 3 is 2.68 bits per heavy atom. The number of ether oxygens (including phenoxy) is 2. The van der Waals surface area contributed by atoms with Gasteiger partial charge in [-0.3, -0.25) is 4.68 Å². The SMILES string of the molecule is COc1ccc(CNc2nc(C)c(-c3ccn(Cc4ccccc4F)n3)s2)c(OC)c1. The molecule has 0 atom stereocenters. The average molecular weight is 439 g/mol. The summed E-state index contributed by atoms with van der Waals surface area (Å²) in [6, 6.07) is 14.4. The van der Waals surface area contributed by atoms with Gasteiger partial charge in [-0.15, -0.1) is 0 Å². The van der Waals surface area contributed by atoms with Crippen LogP contribution in [-0.4, -0.2) is 29.0 Å². The lowest BCUT2D eigenvalue weighted by Gasteiger charge is -2.10. The fourth-order valence-electron chi connectivity index (χ4n) is 3.25. The van der Waals surface area contributed by atoms with Crippen LogP contribution < -0.4 is 14.8 Å². The Kier molecular flexibility index (Phi) is 6.18. The van der Waals surface area contributed by atoms with Gasteiger partial charge in [-0.25, -0.2) is 9.37 Å². The molecular weight excluding hydrogens is 415 g/mol. The van der Waals surface area contributed by atoms with Crippen molar-refractivity contribution in [1.82, 2.24) is 14.8 Å². The molecular formula is C23H23FN4O2S. The van der Waals surface area contributed by atoms with Gasteiger partial charge >= 0.3 is 0 Å². The van der Waals surface area contributed by atoms with Gasteiger partial charge in [0.05, 0.1) is 31.3 Å². The Morgan fingerprint density at radius 2 is 1.90 bits per heavy atom. The number of aromatic nitrogens is 3. The van der Waals surface area contributed by atoms with Gasteiger partial charge in [0.15, 0.2) is 5.13 Å². The largest absolute Gasteiger partial charge is 0.497 e. The third-order valence-electron chi connectivity index (χ3n) is 4.88. The first-order chi connectivity index (χ1) is 15.1. The summed E-state index contributed by atoms with van der Waals surface area (Å²) in [5, 5.41) is 8.78. The van der Waals surface area contributed by atoms with E-state index in [1.807, 2.05) is 43.5 Å². The Morgan fingerprint density at radius 1 is 1.06 bits per heavy atom. The van der Waals surface area contributed by atoms with Crippen LogP contribution in [0.15, 0.2) is 54.7 Å².